The second-order valence-corrected chi connectivity index (χ2v) is 3.29. The Kier molecular flexibility index (Phi) is 3.53. The highest BCUT2D eigenvalue weighted by atomic mass is 79.9. The first kappa shape index (κ1) is 11.1. The average molecular weight is 261 g/mol. The Morgan fingerprint density at radius 2 is 2.29 bits per heavy atom. The van der Waals surface area contributed by atoms with Gasteiger partial charge in [0, 0.05) is 5.33 Å². The van der Waals surface area contributed by atoms with Gasteiger partial charge in [-0.15, -0.1) is 0 Å². The van der Waals surface area contributed by atoms with E-state index in [4.69, 9.17) is 5.26 Å². The number of aromatic nitrogens is 1. The van der Waals surface area contributed by atoms with E-state index in [-0.39, 0.29) is 5.69 Å². The molecule has 0 atom stereocenters. The van der Waals surface area contributed by atoms with E-state index in [1.54, 1.807) is 0 Å². The predicted octanol–water partition coefficient (Wildman–Crippen LogP) is 3.09. The van der Waals surface area contributed by atoms with Crippen molar-refractivity contribution in [1.29, 1.82) is 5.26 Å². The van der Waals surface area contributed by atoms with Gasteiger partial charge in [0.1, 0.15) is 11.8 Å². The lowest BCUT2D eigenvalue weighted by Crippen LogP contribution is -2.01. The van der Waals surface area contributed by atoms with Crippen molar-refractivity contribution in [2.75, 3.05) is 0 Å². The second kappa shape index (κ2) is 4.47. The van der Waals surface area contributed by atoms with Gasteiger partial charge in [0.15, 0.2) is 0 Å². The number of hydrogen-bond donors (Lipinski definition) is 0. The Morgan fingerprint density at radius 1 is 1.64 bits per heavy atom. The molecular formula is C9H7BrF2N2. The average Bonchev–Trinajstić information content (AvgIpc) is 2.16. The van der Waals surface area contributed by atoms with Crippen LogP contribution in [0.25, 0.3) is 0 Å². The van der Waals surface area contributed by atoms with Gasteiger partial charge >= 0.3 is 0 Å². The van der Waals surface area contributed by atoms with Crippen LogP contribution in [0.1, 0.15) is 28.9 Å². The molecule has 0 aromatic carbocycles. The van der Waals surface area contributed by atoms with Crippen LogP contribution in [0.2, 0.25) is 0 Å². The molecule has 5 heteroatoms. The molecule has 74 valence electrons. The van der Waals surface area contributed by atoms with Crippen LogP contribution in [-0.4, -0.2) is 4.98 Å². The van der Waals surface area contributed by atoms with Gasteiger partial charge in [0.05, 0.1) is 11.3 Å². The molecule has 1 heterocycles. The number of hydrogen-bond acceptors (Lipinski definition) is 2. The van der Waals surface area contributed by atoms with E-state index in [0.717, 1.165) is 0 Å². The fraction of sp³-hybridized carbons (Fsp3) is 0.333. The molecule has 0 bridgehead atoms. The largest absolute Gasteiger partial charge is 0.280 e. The van der Waals surface area contributed by atoms with Crippen LogP contribution >= 0.6 is 15.9 Å². The Balaban J connectivity index is 3.32. The van der Waals surface area contributed by atoms with Gasteiger partial charge in [-0.1, -0.05) is 15.9 Å². The Bertz CT molecular complexity index is 384. The van der Waals surface area contributed by atoms with Gasteiger partial charge in [-0.3, -0.25) is 0 Å². The number of nitriles is 1. The van der Waals surface area contributed by atoms with Crippen molar-refractivity contribution in [3.8, 4) is 6.07 Å². The minimum absolute atomic E-state index is 0.251. The van der Waals surface area contributed by atoms with Gasteiger partial charge in [0.2, 0.25) is 0 Å². The Morgan fingerprint density at radius 3 is 2.71 bits per heavy atom. The highest BCUT2D eigenvalue weighted by Gasteiger charge is 2.15. The maximum atomic E-state index is 12.4. The molecule has 0 aliphatic heterocycles. The topological polar surface area (TPSA) is 36.7 Å². The van der Waals surface area contributed by atoms with Crippen LogP contribution in [0, 0.1) is 18.3 Å². The molecule has 14 heavy (non-hydrogen) atoms. The standard InChI is InChI=1S/C9H7BrF2N2/c1-5-2-6(4-13)7(3-10)14-8(5)9(11)12/h2,9H,3H2,1H3. The SMILES string of the molecule is Cc1cc(C#N)c(CBr)nc1C(F)F. The van der Waals surface area contributed by atoms with E-state index in [1.165, 1.54) is 13.0 Å². The summed E-state index contributed by atoms with van der Waals surface area (Å²) in [7, 11) is 0. The van der Waals surface area contributed by atoms with Crippen LogP contribution in [0.4, 0.5) is 8.78 Å². The Hall–Kier alpha value is -1.02. The molecule has 0 spiro atoms. The monoisotopic (exact) mass is 260 g/mol. The number of nitrogens with zero attached hydrogens (tertiary/aromatic N) is 2. The van der Waals surface area contributed by atoms with Crippen LogP contribution in [0.5, 0.6) is 0 Å². The summed E-state index contributed by atoms with van der Waals surface area (Å²) in [5.74, 6) is 0. The van der Waals surface area contributed by atoms with Gasteiger partial charge in [0.25, 0.3) is 6.43 Å². The van der Waals surface area contributed by atoms with E-state index >= 15 is 0 Å². The Labute approximate surface area is 88.7 Å². The fourth-order valence-electron chi connectivity index (χ4n) is 1.09. The van der Waals surface area contributed by atoms with E-state index < -0.39 is 6.43 Å². The van der Waals surface area contributed by atoms with Crippen LogP contribution < -0.4 is 0 Å². The van der Waals surface area contributed by atoms with Gasteiger partial charge in [-0.25, -0.2) is 13.8 Å². The van der Waals surface area contributed by atoms with Crippen LogP contribution in [0.3, 0.4) is 0 Å². The first-order valence-electron chi connectivity index (χ1n) is 3.84. The minimum Gasteiger partial charge on any atom is -0.249 e. The minimum atomic E-state index is -2.60. The summed E-state index contributed by atoms with van der Waals surface area (Å²) in [6.45, 7) is 1.52. The summed E-state index contributed by atoms with van der Waals surface area (Å²) < 4.78 is 24.8. The molecule has 0 fully saturated rings. The summed E-state index contributed by atoms with van der Waals surface area (Å²) in [5.41, 5.74) is 0.789. The highest BCUT2D eigenvalue weighted by molar-refractivity contribution is 9.08. The summed E-state index contributed by atoms with van der Waals surface area (Å²) in [6, 6.07) is 3.35. The zero-order valence-electron chi connectivity index (χ0n) is 7.39. The maximum Gasteiger partial charge on any atom is 0.280 e. The number of pyridine rings is 1. The third kappa shape index (κ3) is 2.07. The molecular weight excluding hydrogens is 254 g/mol. The van der Waals surface area contributed by atoms with Crippen molar-refractivity contribution in [3.63, 3.8) is 0 Å². The number of rotatable bonds is 2. The lowest BCUT2D eigenvalue weighted by Gasteiger charge is -2.06. The van der Waals surface area contributed by atoms with Gasteiger partial charge < -0.3 is 0 Å². The third-order valence-electron chi connectivity index (χ3n) is 1.78. The smallest absolute Gasteiger partial charge is 0.249 e. The first-order chi connectivity index (χ1) is 6.60. The van der Waals surface area contributed by atoms with E-state index in [9.17, 15) is 8.78 Å². The molecule has 1 aromatic rings. The quantitative estimate of drug-likeness (QED) is 0.767. The number of aryl methyl sites for hydroxylation is 1. The molecule has 0 aliphatic carbocycles. The zero-order chi connectivity index (χ0) is 10.7. The maximum absolute atomic E-state index is 12.4. The van der Waals surface area contributed by atoms with Crippen molar-refractivity contribution in [3.05, 3.63) is 28.6 Å². The predicted molar refractivity (Wildman–Crippen MR) is 51.3 cm³/mol. The van der Waals surface area contributed by atoms with Crippen molar-refractivity contribution in [2.24, 2.45) is 0 Å². The normalized spacial score (nSPS) is 10.3. The van der Waals surface area contributed by atoms with E-state index in [2.05, 4.69) is 20.9 Å². The van der Waals surface area contributed by atoms with Crippen LogP contribution in [-0.2, 0) is 5.33 Å². The first-order valence-corrected chi connectivity index (χ1v) is 4.97. The van der Waals surface area contributed by atoms with E-state index in [1.807, 2.05) is 6.07 Å². The number of halogens is 3. The van der Waals surface area contributed by atoms with Gasteiger partial charge in [-0.2, -0.15) is 5.26 Å². The molecule has 0 saturated carbocycles. The summed E-state index contributed by atoms with van der Waals surface area (Å²) in [6.07, 6.45) is -2.60. The van der Waals surface area contributed by atoms with E-state index in [0.29, 0.717) is 22.2 Å². The highest BCUT2D eigenvalue weighted by Crippen LogP contribution is 2.23. The fourth-order valence-corrected chi connectivity index (χ4v) is 1.51. The van der Waals surface area contributed by atoms with Gasteiger partial charge in [-0.05, 0) is 18.6 Å². The molecule has 0 unspecified atom stereocenters. The molecule has 0 aliphatic rings. The van der Waals surface area contributed by atoms with Crippen molar-refractivity contribution < 1.29 is 8.78 Å². The number of alkyl halides is 3. The second-order valence-electron chi connectivity index (χ2n) is 2.73. The van der Waals surface area contributed by atoms with Crippen molar-refractivity contribution >= 4 is 15.9 Å². The molecule has 0 N–H and O–H groups in total. The third-order valence-corrected chi connectivity index (χ3v) is 2.32. The van der Waals surface area contributed by atoms with Crippen LogP contribution in [0.15, 0.2) is 6.07 Å². The summed E-state index contributed by atoms with van der Waals surface area (Å²) >= 11 is 3.10. The molecule has 2 nitrogen and oxygen atoms in total. The molecule has 0 saturated heterocycles. The van der Waals surface area contributed by atoms with Crippen molar-refractivity contribution in [2.45, 2.75) is 18.7 Å². The summed E-state index contributed by atoms with van der Waals surface area (Å²) in [5, 5.41) is 9.01. The lowest BCUT2D eigenvalue weighted by atomic mass is 10.1. The lowest BCUT2D eigenvalue weighted by molar-refractivity contribution is 0.145. The zero-order valence-corrected chi connectivity index (χ0v) is 8.98. The molecule has 0 radical (unpaired) electrons. The summed E-state index contributed by atoms with van der Waals surface area (Å²) in [4.78, 5) is 3.74. The molecule has 1 aromatic heterocycles. The molecule has 1 rings (SSSR count). The van der Waals surface area contributed by atoms with Crippen molar-refractivity contribution in [1.82, 2.24) is 4.98 Å². The molecule has 0 amide bonds.